The van der Waals surface area contributed by atoms with Crippen LogP contribution in [0.5, 0.6) is 17.2 Å². The second-order valence-electron chi connectivity index (χ2n) is 8.24. The molecule has 2 aromatic carbocycles. The van der Waals surface area contributed by atoms with Gasteiger partial charge in [-0.15, -0.1) is 0 Å². The molecule has 6 heteroatoms. The van der Waals surface area contributed by atoms with E-state index in [-0.39, 0.29) is 5.56 Å². The van der Waals surface area contributed by atoms with Crippen LogP contribution in [-0.2, 0) is 12.8 Å². The minimum absolute atomic E-state index is 0.0978. The molecule has 6 nitrogen and oxygen atoms in total. The van der Waals surface area contributed by atoms with Crippen molar-refractivity contribution in [1.82, 2.24) is 9.97 Å². The van der Waals surface area contributed by atoms with E-state index in [0.29, 0.717) is 23.5 Å². The van der Waals surface area contributed by atoms with E-state index < -0.39 is 0 Å². The van der Waals surface area contributed by atoms with Crippen LogP contribution in [0, 0.1) is 6.92 Å². The molecular weight excluding hydrogens is 416 g/mol. The zero-order valence-corrected chi connectivity index (χ0v) is 19.9. The number of H-pyrrole nitrogens is 1. The predicted molar refractivity (Wildman–Crippen MR) is 132 cm³/mol. The van der Waals surface area contributed by atoms with E-state index in [1.54, 1.807) is 21.3 Å². The van der Waals surface area contributed by atoms with Crippen LogP contribution < -0.4 is 19.8 Å². The van der Waals surface area contributed by atoms with Gasteiger partial charge < -0.3 is 19.2 Å². The minimum atomic E-state index is -0.0978. The lowest BCUT2D eigenvalue weighted by Gasteiger charge is -2.15. The summed E-state index contributed by atoms with van der Waals surface area (Å²) in [6.07, 6.45) is 3.46. The highest BCUT2D eigenvalue weighted by molar-refractivity contribution is 5.91. The van der Waals surface area contributed by atoms with Gasteiger partial charge in [0, 0.05) is 34.1 Å². The standard InChI is InChI=1S/C27H30N2O4/c1-6-7-8-23-18(11-17-12-19(31-3)9-10-24(17)29-23)13-22-21-15-26(33-5)25(32-4)14-20(21)16(2)28-27(22)30/h9-12,14-15H,6-8,13H2,1-5H3,(H,28,30). The molecule has 0 amide bonds. The molecule has 0 aliphatic rings. The SMILES string of the molecule is CCCCc1nc2ccc(OC)cc2cc1Cc1c(=O)[nH]c(C)c2cc(OC)c(OC)cc12. The molecule has 2 aromatic heterocycles. The fourth-order valence-electron chi connectivity index (χ4n) is 4.32. The molecule has 0 unspecified atom stereocenters. The molecule has 0 aliphatic carbocycles. The van der Waals surface area contributed by atoms with E-state index >= 15 is 0 Å². The first-order chi connectivity index (χ1) is 16.0. The maximum atomic E-state index is 13.1. The third kappa shape index (κ3) is 4.38. The first kappa shape index (κ1) is 22.6. The van der Waals surface area contributed by atoms with Crippen LogP contribution in [0.4, 0.5) is 0 Å². The lowest BCUT2D eigenvalue weighted by atomic mass is 9.95. The lowest BCUT2D eigenvalue weighted by molar-refractivity contribution is 0.356. The van der Waals surface area contributed by atoms with E-state index in [1.807, 2.05) is 37.3 Å². The molecule has 0 bridgehead atoms. The summed E-state index contributed by atoms with van der Waals surface area (Å²) in [4.78, 5) is 21.1. The monoisotopic (exact) mass is 446 g/mol. The molecule has 0 spiro atoms. The number of aromatic amines is 1. The number of pyridine rings is 2. The van der Waals surface area contributed by atoms with Crippen LogP contribution in [0.25, 0.3) is 21.7 Å². The Labute approximate surface area is 193 Å². The van der Waals surface area contributed by atoms with Crippen LogP contribution in [-0.4, -0.2) is 31.3 Å². The third-order valence-electron chi connectivity index (χ3n) is 6.15. The number of benzene rings is 2. The van der Waals surface area contributed by atoms with Crippen molar-refractivity contribution >= 4 is 21.7 Å². The maximum Gasteiger partial charge on any atom is 0.252 e. The average molecular weight is 447 g/mol. The Morgan fingerprint density at radius 3 is 2.33 bits per heavy atom. The molecule has 0 aliphatic heterocycles. The number of nitrogens with one attached hydrogen (secondary N) is 1. The van der Waals surface area contributed by atoms with Crippen molar-refractivity contribution in [3.05, 3.63) is 69.3 Å². The second kappa shape index (κ2) is 9.53. The Kier molecular flexibility index (Phi) is 6.54. The number of aromatic nitrogens is 2. The first-order valence-corrected chi connectivity index (χ1v) is 11.2. The summed E-state index contributed by atoms with van der Waals surface area (Å²) in [5.74, 6) is 2.02. The van der Waals surface area contributed by atoms with Gasteiger partial charge in [0.2, 0.25) is 0 Å². The third-order valence-corrected chi connectivity index (χ3v) is 6.15. The maximum absolute atomic E-state index is 13.1. The molecule has 0 saturated carbocycles. The van der Waals surface area contributed by atoms with Crippen LogP contribution in [0.15, 0.2) is 41.2 Å². The van der Waals surface area contributed by atoms with E-state index in [2.05, 4.69) is 18.0 Å². The van der Waals surface area contributed by atoms with Gasteiger partial charge >= 0.3 is 0 Å². The Morgan fingerprint density at radius 1 is 0.939 bits per heavy atom. The molecule has 0 radical (unpaired) electrons. The molecule has 2 heterocycles. The Balaban J connectivity index is 1.92. The molecule has 0 fully saturated rings. The molecule has 0 saturated heterocycles. The second-order valence-corrected chi connectivity index (χ2v) is 8.24. The molecule has 33 heavy (non-hydrogen) atoms. The molecule has 4 rings (SSSR count). The van der Waals surface area contributed by atoms with Gasteiger partial charge in [0.05, 0.1) is 26.8 Å². The number of hydrogen-bond acceptors (Lipinski definition) is 5. The van der Waals surface area contributed by atoms with Crippen molar-refractivity contribution < 1.29 is 14.2 Å². The smallest absolute Gasteiger partial charge is 0.252 e. The van der Waals surface area contributed by atoms with Crippen LogP contribution in [0.2, 0.25) is 0 Å². The predicted octanol–water partition coefficient (Wildman–Crippen LogP) is 5.34. The zero-order valence-electron chi connectivity index (χ0n) is 19.9. The van der Waals surface area contributed by atoms with E-state index in [0.717, 1.165) is 63.6 Å². The summed E-state index contributed by atoms with van der Waals surface area (Å²) in [6.45, 7) is 4.07. The first-order valence-electron chi connectivity index (χ1n) is 11.2. The van der Waals surface area contributed by atoms with Gasteiger partial charge in [-0.1, -0.05) is 13.3 Å². The molecule has 0 atom stereocenters. The van der Waals surface area contributed by atoms with Crippen LogP contribution >= 0.6 is 0 Å². The fraction of sp³-hybridized carbons (Fsp3) is 0.333. The largest absolute Gasteiger partial charge is 0.497 e. The van der Waals surface area contributed by atoms with Crippen molar-refractivity contribution in [3.8, 4) is 17.2 Å². The van der Waals surface area contributed by atoms with Gasteiger partial charge in [-0.3, -0.25) is 9.78 Å². The van der Waals surface area contributed by atoms with Crippen molar-refractivity contribution in [1.29, 1.82) is 0 Å². The number of fused-ring (bicyclic) bond motifs is 2. The van der Waals surface area contributed by atoms with Crippen molar-refractivity contribution in [2.75, 3.05) is 21.3 Å². The normalized spacial score (nSPS) is 11.2. The van der Waals surface area contributed by atoms with Gasteiger partial charge in [0.25, 0.3) is 5.56 Å². The number of rotatable bonds is 8. The minimum Gasteiger partial charge on any atom is -0.497 e. The average Bonchev–Trinajstić information content (AvgIpc) is 2.83. The summed E-state index contributed by atoms with van der Waals surface area (Å²) in [7, 11) is 4.87. The van der Waals surface area contributed by atoms with Gasteiger partial charge in [0.1, 0.15) is 5.75 Å². The molecule has 172 valence electrons. The Morgan fingerprint density at radius 2 is 1.67 bits per heavy atom. The highest BCUT2D eigenvalue weighted by atomic mass is 16.5. The molecular formula is C27H30N2O4. The van der Waals surface area contributed by atoms with E-state index in [9.17, 15) is 4.79 Å². The number of nitrogens with zero attached hydrogens (tertiary/aromatic N) is 1. The summed E-state index contributed by atoms with van der Waals surface area (Å²) in [6, 6.07) is 11.9. The molecule has 1 N–H and O–H groups in total. The van der Waals surface area contributed by atoms with Gasteiger partial charge in [-0.2, -0.15) is 0 Å². The number of hydrogen-bond donors (Lipinski definition) is 1. The number of unbranched alkanes of at least 4 members (excludes halogenated alkanes) is 1. The van der Waals surface area contributed by atoms with Crippen molar-refractivity contribution in [2.45, 2.75) is 39.5 Å². The topological polar surface area (TPSA) is 73.4 Å². The number of aryl methyl sites for hydroxylation is 2. The fourth-order valence-corrected chi connectivity index (χ4v) is 4.32. The Bertz CT molecular complexity index is 1370. The highest BCUT2D eigenvalue weighted by Gasteiger charge is 2.17. The highest BCUT2D eigenvalue weighted by Crippen LogP contribution is 2.35. The van der Waals surface area contributed by atoms with Gasteiger partial charge in [-0.05, 0) is 67.1 Å². The zero-order chi connectivity index (χ0) is 23.5. The van der Waals surface area contributed by atoms with Crippen LogP contribution in [0.3, 0.4) is 0 Å². The van der Waals surface area contributed by atoms with Crippen molar-refractivity contribution in [3.63, 3.8) is 0 Å². The number of methoxy groups -OCH3 is 3. The summed E-state index contributed by atoms with van der Waals surface area (Å²) in [5.41, 5.74) is 4.41. The van der Waals surface area contributed by atoms with Gasteiger partial charge in [0.15, 0.2) is 11.5 Å². The van der Waals surface area contributed by atoms with Gasteiger partial charge in [-0.25, -0.2) is 0 Å². The quantitative estimate of drug-likeness (QED) is 0.395. The Hall–Kier alpha value is -3.54. The summed E-state index contributed by atoms with van der Waals surface area (Å²) >= 11 is 0. The van der Waals surface area contributed by atoms with Crippen molar-refractivity contribution in [2.24, 2.45) is 0 Å². The summed E-state index contributed by atoms with van der Waals surface area (Å²) < 4.78 is 16.4. The lowest BCUT2D eigenvalue weighted by Crippen LogP contribution is -2.16. The summed E-state index contributed by atoms with van der Waals surface area (Å²) in [5, 5.41) is 2.80. The number of ether oxygens (including phenoxy) is 3. The van der Waals surface area contributed by atoms with E-state index in [1.165, 1.54) is 0 Å². The van der Waals surface area contributed by atoms with Crippen LogP contribution in [0.1, 0.15) is 42.3 Å². The van der Waals surface area contributed by atoms with E-state index in [4.69, 9.17) is 19.2 Å². The molecule has 4 aromatic rings.